The average Bonchev–Trinajstić information content (AvgIpc) is 2.83. The molecule has 158 valence electrons. The summed E-state index contributed by atoms with van der Waals surface area (Å²) in [5.74, 6) is 1.74. The molecule has 0 bridgehead atoms. The van der Waals surface area contributed by atoms with Crippen molar-refractivity contribution >= 4 is 5.82 Å². The van der Waals surface area contributed by atoms with Gasteiger partial charge in [0.25, 0.3) is 0 Å². The van der Waals surface area contributed by atoms with Crippen LogP contribution in [-0.2, 0) is 6.61 Å². The largest absolute Gasteiger partial charge is 0.497 e. The molecule has 0 aliphatic rings. The molecule has 0 amide bonds. The van der Waals surface area contributed by atoms with E-state index in [0.29, 0.717) is 12.2 Å². The van der Waals surface area contributed by atoms with E-state index in [1.807, 2.05) is 85.8 Å². The van der Waals surface area contributed by atoms with Crippen LogP contribution in [0.2, 0.25) is 0 Å². The number of nitriles is 1. The number of hydrogen-bond donors (Lipinski definition) is 1. The average molecular weight is 422 g/mol. The maximum absolute atomic E-state index is 9.86. The molecule has 0 unspecified atom stereocenters. The first-order chi connectivity index (χ1) is 15.6. The summed E-state index contributed by atoms with van der Waals surface area (Å²) in [4.78, 5) is 4.43. The Morgan fingerprint density at radius 1 is 0.844 bits per heavy atom. The third-order valence-electron chi connectivity index (χ3n) is 5.29. The highest BCUT2D eigenvalue weighted by Gasteiger charge is 2.19. The van der Waals surface area contributed by atoms with E-state index in [9.17, 15) is 5.26 Å². The Morgan fingerprint density at radius 3 is 2.03 bits per heavy atom. The van der Waals surface area contributed by atoms with Gasteiger partial charge in [-0.05, 0) is 47.9 Å². The van der Waals surface area contributed by atoms with Crippen LogP contribution in [0.25, 0.3) is 22.3 Å². The standard InChI is InChI=1S/C27H23N3O2/c1-18-25(20-8-12-22(31-2)13-9-20)26(24(16-28)27(29)30-18)21-10-14-23(15-11-21)32-17-19-6-4-3-5-7-19/h3-15H,17H2,1-2H3,(H2,29,30). The normalized spacial score (nSPS) is 10.4. The van der Waals surface area contributed by atoms with Crippen molar-refractivity contribution in [3.63, 3.8) is 0 Å². The van der Waals surface area contributed by atoms with E-state index in [-0.39, 0.29) is 5.82 Å². The van der Waals surface area contributed by atoms with Gasteiger partial charge in [-0.2, -0.15) is 5.26 Å². The second-order valence-electron chi connectivity index (χ2n) is 7.35. The van der Waals surface area contributed by atoms with Gasteiger partial charge in [0.15, 0.2) is 0 Å². The number of rotatable bonds is 6. The van der Waals surface area contributed by atoms with Crippen LogP contribution in [0, 0.1) is 18.3 Å². The Labute approximate surface area is 187 Å². The van der Waals surface area contributed by atoms with Crippen molar-refractivity contribution in [2.75, 3.05) is 12.8 Å². The summed E-state index contributed by atoms with van der Waals surface area (Å²) < 4.78 is 11.2. The summed E-state index contributed by atoms with van der Waals surface area (Å²) in [7, 11) is 1.63. The van der Waals surface area contributed by atoms with Crippen molar-refractivity contribution in [1.82, 2.24) is 4.98 Å². The van der Waals surface area contributed by atoms with Crippen LogP contribution in [0.5, 0.6) is 11.5 Å². The number of nitrogens with zero attached hydrogens (tertiary/aromatic N) is 2. The quantitative estimate of drug-likeness (QED) is 0.428. The summed E-state index contributed by atoms with van der Waals surface area (Å²) in [5, 5.41) is 9.86. The highest BCUT2D eigenvalue weighted by atomic mass is 16.5. The minimum atomic E-state index is 0.224. The van der Waals surface area contributed by atoms with Gasteiger partial charge in [0.1, 0.15) is 35.6 Å². The van der Waals surface area contributed by atoms with Crippen LogP contribution >= 0.6 is 0 Å². The predicted molar refractivity (Wildman–Crippen MR) is 126 cm³/mol. The van der Waals surface area contributed by atoms with Gasteiger partial charge in [0.2, 0.25) is 0 Å². The third-order valence-corrected chi connectivity index (χ3v) is 5.29. The zero-order chi connectivity index (χ0) is 22.5. The number of hydrogen-bond acceptors (Lipinski definition) is 5. The van der Waals surface area contributed by atoms with Gasteiger partial charge in [-0.15, -0.1) is 0 Å². The second kappa shape index (κ2) is 9.23. The number of benzene rings is 3. The van der Waals surface area contributed by atoms with Crippen LogP contribution < -0.4 is 15.2 Å². The van der Waals surface area contributed by atoms with Crippen LogP contribution in [0.3, 0.4) is 0 Å². The fraction of sp³-hybridized carbons (Fsp3) is 0.111. The van der Waals surface area contributed by atoms with Gasteiger partial charge in [-0.3, -0.25) is 0 Å². The Balaban J connectivity index is 1.74. The number of methoxy groups -OCH3 is 1. The Kier molecular flexibility index (Phi) is 6.05. The molecular formula is C27H23N3O2. The van der Waals surface area contributed by atoms with Crippen LogP contribution in [0.15, 0.2) is 78.9 Å². The first kappa shape index (κ1) is 21.0. The Bertz CT molecular complexity index is 1260. The molecule has 0 fully saturated rings. The molecule has 5 nitrogen and oxygen atoms in total. The molecule has 0 spiro atoms. The van der Waals surface area contributed by atoms with Crippen molar-refractivity contribution in [3.8, 4) is 39.8 Å². The molecular weight excluding hydrogens is 398 g/mol. The molecule has 4 rings (SSSR count). The van der Waals surface area contributed by atoms with Gasteiger partial charge in [-0.1, -0.05) is 54.6 Å². The molecule has 0 radical (unpaired) electrons. The highest BCUT2D eigenvalue weighted by Crippen LogP contribution is 2.39. The minimum Gasteiger partial charge on any atom is -0.497 e. The van der Waals surface area contributed by atoms with Gasteiger partial charge < -0.3 is 15.2 Å². The van der Waals surface area contributed by atoms with Gasteiger partial charge in [-0.25, -0.2) is 4.98 Å². The number of pyridine rings is 1. The van der Waals surface area contributed by atoms with Crippen LogP contribution in [0.1, 0.15) is 16.8 Å². The van der Waals surface area contributed by atoms with E-state index >= 15 is 0 Å². The molecule has 4 aromatic rings. The summed E-state index contributed by atoms with van der Waals surface area (Å²) in [5.41, 5.74) is 11.8. The first-order valence-corrected chi connectivity index (χ1v) is 10.2. The lowest BCUT2D eigenvalue weighted by molar-refractivity contribution is 0.306. The van der Waals surface area contributed by atoms with E-state index < -0.39 is 0 Å². The number of aryl methyl sites for hydroxylation is 1. The van der Waals surface area contributed by atoms with Crippen molar-refractivity contribution in [2.24, 2.45) is 0 Å². The van der Waals surface area contributed by atoms with E-state index in [0.717, 1.165) is 45.0 Å². The van der Waals surface area contributed by atoms with Crippen molar-refractivity contribution < 1.29 is 9.47 Å². The lowest BCUT2D eigenvalue weighted by atomic mass is 9.90. The molecule has 5 heteroatoms. The number of aromatic nitrogens is 1. The van der Waals surface area contributed by atoms with Crippen molar-refractivity contribution in [2.45, 2.75) is 13.5 Å². The summed E-state index contributed by atoms with van der Waals surface area (Å²) >= 11 is 0. The molecule has 0 aliphatic carbocycles. The van der Waals surface area contributed by atoms with Crippen LogP contribution in [-0.4, -0.2) is 12.1 Å². The van der Waals surface area contributed by atoms with Crippen molar-refractivity contribution in [1.29, 1.82) is 5.26 Å². The molecule has 32 heavy (non-hydrogen) atoms. The van der Waals surface area contributed by atoms with E-state index in [1.165, 1.54) is 0 Å². The fourth-order valence-corrected chi connectivity index (χ4v) is 3.70. The molecule has 1 aromatic heterocycles. The summed E-state index contributed by atoms with van der Waals surface area (Å²) in [6, 6.07) is 27.7. The third kappa shape index (κ3) is 4.26. The smallest absolute Gasteiger partial charge is 0.142 e. The van der Waals surface area contributed by atoms with Crippen LogP contribution in [0.4, 0.5) is 5.82 Å². The topological polar surface area (TPSA) is 81.2 Å². The molecule has 0 saturated heterocycles. The molecule has 0 aliphatic heterocycles. The summed E-state index contributed by atoms with van der Waals surface area (Å²) in [6.07, 6.45) is 0. The second-order valence-corrected chi connectivity index (χ2v) is 7.35. The van der Waals surface area contributed by atoms with E-state index in [1.54, 1.807) is 7.11 Å². The lowest BCUT2D eigenvalue weighted by Gasteiger charge is -2.17. The maximum atomic E-state index is 9.86. The maximum Gasteiger partial charge on any atom is 0.142 e. The Morgan fingerprint density at radius 2 is 1.44 bits per heavy atom. The Hall–Kier alpha value is -4.30. The SMILES string of the molecule is COc1ccc(-c2c(C)nc(N)c(C#N)c2-c2ccc(OCc3ccccc3)cc2)cc1. The molecule has 0 atom stereocenters. The minimum absolute atomic E-state index is 0.224. The number of ether oxygens (including phenoxy) is 2. The molecule has 0 saturated carbocycles. The van der Waals surface area contributed by atoms with Gasteiger partial charge in [0, 0.05) is 16.8 Å². The number of anilines is 1. The zero-order valence-electron chi connectivity index (χ0n) is 18.0. The van der Waals surface area contributed by atoms with E-state index in [2.05, 4.69) is 11.1 Å². The lowest BCUT2D eigenvalue weighted by Crippen LogP contribution is -2.03. The molecule has 2 N–H and O–H groups in total. The first-order valence-electron chi connectivity index (χ1n) is 10.2. The van der Waals surface area contributed by atoms with Gasteiger partial charge in [0.05, 0.1) is 7.11 Å². The number of nitrogens with two attached hydrogens (primary N) is 1. The highest BCUT2D eigenvalue weighted by molar-refractivity contribution is 5.91. The monoisotopic (exact) mass is 421 g/mol. The molecule has 1 heterocycles. The fourth-order valence-electron chi connectivity index (χ4n) is 3.70. The predicted octanol–water partition coefficient (Wildman–Crippen LogP) is 5.77. The van der Waals surface area contributed by atoms with E-state index in [4.69, 9.17) is 15.2 Å². The van der Waals surface area contributed by atoms with Gasteiger partial charge >= 0.3 is 0 Å². The molecule has 3 aromatic carbocycles. The summed E-state index contributed by atoms with van der Waals surface area (Å²) in [6.45, 7) is 2.39. The van der Waals surface area contributed by atoms with Crippen molar-refractivity contribution in [3.05, 3.63) is 95.7 Å². The zero-order valence-corrected chi connectivity index (χ0v) is 18.0. The number of nitrogen functional groups attached to an aromatic ring is 1.